The van der Waals surface area contributed by atoms with Gasteiger partial charge < -0.3 is 15.2 Å². The Morgan fingerprint density at radius 2 is 2.33 bits per heavy atom. The van der Waals surface area contributed by atoms with Gasteiger partial charge in [0.1, 0.15) is 11.3 Å². The standard InChI is InChI=1S/C10H15N3O2/c1-7-9(6-12-15-7)10(14)13-8-2-4-11-5-3-8/h6,8,11H,2-5H2,1H3,(H,13,14). The van der Waals surface area contributed by atoms with E-state index in [1.807, 2.05) is 0 Å². The van der Waals surface area contributed by atoms with Gasteiger partial charge in [0, 0.05) is 6.04 Å². The summed E-state index contributed by atoms with van der Waals surface area (Å²) < 4.78 is 4.85. The van der Waals surface area contributed by atoms with Crippen molar-refractivity contribution < 1.29 is 9.32 Å². The smallest absolute Gasteiger partial charge is 0.256 e. The number of amides is 1. The van der Waals surface area contributed by atoms with Crippen molar-refractivity contribution in [2.45, 2.75) is 25.8 Å². The molecule has 5 heteroatoms. The van der Waals surface area contributed by atoms with E-state index >= 15 is 0 Å². The molecule has 0 saturated carbocycles. The van der Waals surface area contributed by atoms with Gasteiger partial charge in [-0.1, -0.05) is 5.16 Å². The first-order chi connectivity index (χ1) is 7.27. The van der Waals surface area contributed by atoms with Gasteiger partial charge in [0.2, 0.25) is 0 Å². The largest absolute Gasteiger partial charge is 0.361 e. The highest BCUT2D eigenvalue weighted by Crippen LogP contribution is 2.08. The van der Waals surface area contributed by atoms with Gasteiger partial charge in [-0.15, -0.1) is 0 Å². The fourth-order valence-corrected chi connectivity index (χ4v) is 1.75. The van der Waals surface area contributed by atoms with E-state index in [-0.39, 0.29) is 11.9 Å². The molecule has 15 heavy (non-hydrogen) atoms. The number of piperidine rings is 1. The van der Waals surface area contributed by atoms with E-state index in [9.17, 15) is 4.79 Å². The minimum Gasteiger partial charge on any atom is -0.361 e. The van der Waals surface area contributed by atoms with Crippen LogP contribution in [0.3, 0.4) is 0 Å². The molecular weight excluding hydrogens is 194 g/mol. The van der Waals surface area contributed by atoms with Gasteiger partial charge in [0.25, 0.3) is 5.91 Å². The van der Waals surface area contributed by atoms with Crippen LogP contribution in [0.15, 0.2) is 10.7 Å². The molecule has 1 fully saturated rings. The second-order valence-corrected chi connectivity index (χ2v) is 3.79. The maximum atomic E-state index is 11.8. The SMILES string of the molecule is Cc1oncc1C(=O)NC1CCNCC1. The number of nitrogens with zero attached hydrogens (tertiary/aromatic N) is 1. The molecular formula is C10H15N3O2. The maximum absolute atomic E-state index is 11.8. The highest BCUT2D eigenvalue weighted by Gasteiger charge is 2.18. The van der Waals surface area contributed by atoms with Crippen molar-refractivity contribution in [3.63, 3.8) is 0 Å². The second-order valence-electron chi connectivity index (χ2n) is 3.79. The molecule has 5 nitrogen and oxygen atoms in total. The zero-order valence-corrected chi connectivity index (χ0v) is 8.75. The number of hydrogen-bond donors (Lipinski definition) is 2. The van der Waals surface area contributed by atoms with Crippen LogP contribution in [0.2, 0.25) is 0 Å². The summed E-state index contributed by atoms with van der Waals surface area (Å²) >= 11 is 0. The molecule has 0 aromatic carbocycles. The van der Waals surface area contributed by atoms with E-state index in [1.54, 1.807) is 6.92 Å². The third-order valence-electron chi connectivity index (χ3n) is 2.67. The Morgan fingerprint density at radius 1 is 1.60 bits per heavy atom. The van der Waals surface area contributed by atoms with Gasteiger partial charge in [0.05, 0.1) is 6.20 Å². The second kappa shape index (κ2) is 4.44. The van der Waals surface area contributed by atoms with Gasteiger partial charge in [-0.25, -0.2) is 0 Å². The topological polar surface area (TPSA) is 67.2 Å². The van der Waals surface area contributed by atoms with E-state index in [0.29, 0.717) is 11.3 Å². The Hall–Kier alpha value is -1.36. The van der Waals surface area contributed by atoms with Crippen molar-refractivity contribution in [3.05, 3.63) is 17.5 Å². The minimum absolute atomic E-state index is 0.0827. The number of rotatable bonds is 2. The highest BCUT2D eigenvalue weighted by atomic mass is 16.5. The van der Waals surface area contributed by atoms with Gasteiger partial charge >= 0.3 is 0 Å². The van der Waals surface area contributed by atoms with Crippen LogP contribution in [0.4, 0.5) is 0 Å². The lowest BCUT2D eigenvalue weighted by Crippen LogP contribution is -2.42. The Morgan fingerprint density at radius 3 is 2.93 bits per heavy atom. The third kappa shape index (κ3) is 2.36. The molecule has 0 aliphatic carbocycles. The van der Waals surface area contributed by atoms with Crippen molar-refractivity contribution in [3.8, 4) is 0 Å². The Bertz CT molecular complexity index is 342. The molecule has 0 bridgehead atoms. The Kier molecular flexibility index (Phi) is 3.01. The molecule has 2 N–H and O–H groups in total. The summed E-state index contributed by atoms with van der Waals surface area (Å²) in [5.74, 6) is 0.488. The molecule has 1 saturated heterocycles. The van der Waals surface area contributed by atoms with E-state index < -0.39 is 0 Å². The molecule has 1 aromatic rings. The maximum Gasteiger partial charge on any atom is 0.256 e. The summed E-state index contributed by atoms with van der Waals surface area (Å²) in [5.41, 5.74) is 0.536. The summed E-state index contributed by atoms with van der Waals surface area (Å²) in [6.07, 6.45) is 3.43. The number of nitrogens with one attached hydrogen (secondary N) is 2. The average molecular weight is 209 g/mol. The normalized spacial score (nSPS) is 17.7. The molecule has 1 aromatic heterocycles. The predicted octanol–water partition coefficient (Wildman–Crippen LogP) is 0.465. The summed E-state index contributed by atoms with van der Waals surface area (Å²) in [5, 5.41) is 9.82. The summed E-state index contributed by atoms with van der Waals surface area (Å²) in [6, 6.07) is 0.271. The molecule has 1 amide bonds. The van der Waals surface area contributed by atoms with Gasteiger partial charge in [0.15, 0.2) is 0 Å². The lowest BCUT2D eigenvalue weighted by molar-refractivity contribution is 0.0928. The molecule has 0 atom stereocenters. The lowest BCUT2D eigenvalue weighted by Gasteiger charge is -2.23. The first kappa shape index (κ1) is 10.2. The minimum atomic E-state index is -0.0827. The first-order valence-corrected chi connectivity index (χ1v) is 5.20. The van der Waals surface area contributed by atoms with Gasteiger partial charge in [-0.3, -0.25) is 4.79 Å². The average Bonchev–Trinajstić information content (AvgIpc) is 2.66. The predicted molar refractivity (Wildman–Crippen MR) is 54.6 cm³/mol. The summed E-state index contributed by atoms with van der Waals surface area (Å²) in [6.45, 7) is 3.67. The molecule has 82 valence electrons. The van der Waals surface area contributed by atoms with Gasteiger partial charge in [-0.2, -0.15) is 0 Å². The molecule has 2 rings (SSSR count). The number of aromatic nitrogens is 1. The van der Waals surface area contributed by atoms with E-state index in [1.165, 1.54) is 6.20 Å². The van der Waals surface area contributed by atoms with Crippen LogP contribution >= 0.6 is 0 Å². The van der Waals surface area contributed by atoms with Crippen molar-refractivity contribution in [1.29, 1.82) is 0 Å². The Labute approximate surface area is 88.2 Å². The Balaban J connectivity index is 1.94. The first-order valence-electron chi connectivity index (χ1n) is 5.20. The van der Waals surface area contributed by atoms with Crippen LogP contribution in [-0.2, 0) is 0 Å². The van der Waals surface area contributed by atoms with Crippen molar-refractivity contribution in [2.75, 3.05) is 13.1 Å². The molecule has 0 unspecified atom stereocenters. The van der Waals surface area contributed by atoms with Crippen molar-refractivity contribution in [1.82, 2.24) is 15.8 Å². The molecule has 2 heterocycles. The lowest BCUT2D eigenvalue weighted by atomic mass is 10.1. The van der Waals surface area contributed by atoms with E-state index in [0.717, 1.165) is 25.9 Å². The molecule has 1 aliphatic heterocycles. The monoisotopic (exact) mass is 209 g/mol. The fourth-order valence-electron chi connectivity index (χ4n) is 1.75. The molecule has 1 aliphatic rings. The fraction of sp³-hybridized carbons (Fsp3) is 0.600. The van der Waals surface area contributed by atoms with E-state index in [2.05, 4.69) is 15.8 Å². The van der Waals surface area contributed by atoms with Crippen molar-refractivity contribution >= 4 is 5.91 Å². The molecule has 0 spiro atoms. The van der Waals surface area contributed by atoms with Crippen molar-refractivity contribution in [2.24, 2.45) is 0 Å². The summed E-state index contributed by atoms with van der Waals surface area (Å²) in [4.78, 5) is 11.8. The van der Waals surface area contributed by atoms with Crippen LogP contribution in [0.25, 0.3) is 0 Å². The molecule has 0 radical (unpaired) electrons. The van der Waals surface area contributed by atoms with Gasteiger partial charge in [-0.05, 0) is 32.9 Å². The zero-order chi connectivity index (χ0) is 10.7. The zero-order valence-electron chi connectivity index (χ0n) is 8.75. The van der Waals surface area contributed by atoms with Crippen LogP contribution in [-0.4, -0.2) is 30.2 Å². The van der Waals surface area contributed by atoms with Crippen LogP contribution in [0.5, 0.6) is 0 Å². The highest BCUT2D eigenvalue weighted by molar-refractivity contribution is 5.94. The van der Waals surface area contributed by atoms with E-state index in [4.69, 9.17) is 4.52 Å². The number of hydrogen-bond acceptors (Lipinski definition) is 4. The third-order valence-corrected chi connectivity index (χ3v) is 2.67. The van der Waals surface area contributed by atoms with Crippen LogP contribution in [0, 0.1) is 6.92 Å². The number of aryl methyl sites for hydroxylation is 1. The van der Waals surface area contributed by atoms with Crippen LogP contribution in [0.1, 0.15) is 29.0 Å². The number of carbonyl (C=O) groups excluding carboxylic acids is 1. The quantitative estimate of drug-likeness (QED) is 0.742. The number of carbonyl (C=O) groups is 1. The van der Waals surface area contributed by atoms with Crippen LogP contribution < -0.4 is 10.6 Å². The summed E-state index contributed by atoms with van der Waals surface area (Å²) in [7, 11) is 0.